The topological polar surface area (TPSA) is 99.6 Å². The summed E-state index contributed by atoms with van der Waals surface area (Å²) < 4.78 is 7.67. The Morgan fingerprint density at radius 1 is 1.21 bits per heavy atom. The molecule has 0 saturated carbocycles. The zero-order chi connectivity index (χ0) is 21.7. The maximum absolute atomic E-state index is 12.9. The molecule has 1 aromatic heterocycles. The van der Waals surface area contributed by atoms with Gasteiger partial charge >= 0.3 is 5.69 Å². The van der Waals surface area contributed by atoms with Gasteiger partial charge in [0.25, 0.3) is 5.56 Å². The molecule has 29 heavy (non-hydrogen) atoms. The van der Waals surface area contributed by atoms with Crippen LogP contribution in [0.1, 0.15) is 36.7 Å². The predicted molar refractivity (Wildman–Crippen MR) is 113 cm³/mol. The molecule has 1 aromatic carbocycles. The first-order valence-corrected chi connectivity index (χ1v) is 9.68. The average molecular weight is 402 g/mol. The molecule has 0 spiro atoms. The van der Waals surface area contributed by atoms with Crippen LogP contribution >= 0.6 is 0 Å². The van der Waals surface area contributed by atoms with E-state index in [0.717, 1.165) is 15.9 Å². The molecule has 0 aliphatic rings. The van der Waals surface area contributed by atoms with Crippen LogP contribution in [-0.2, 0) is 20.1 Å². The number of Topliss-reactive ketones (excluding diaryl/α,β-unsaturated/α-hetero) is 1. The lowest BCUT2D eigenvalue weighted by atomic mass is 10.1. The molecule has 0 radical (unpaired) electrons. The molecule has 2 N–H and O–H groups in total. The van der Waals surface area contributed by atoms with Crippen LogP contribution in [0.2, 0.25) is 0 Å². The number of nitrogens with zero attached hydrogens (tertiary/aromatic N) is 3. The van der Waals surface area contributed by atoms with Gasteiger partial charge in [0.1, 0.15) is 17.1 Å². The van der Waals surface area contributed by atoms with E-state index in [-0.39, 0.29) is 23.8 Å². The van der Waals surface area contributed by atoms with Gasteiger partial charge in [-0.05, 0) is 37.6 Å². The second-order valence-corrected chi connectivity index (χ2v) is 7.58. The molecule has 0 aliphatic heterocycles. The molecule has 0 bridgehead atoms. The van der Waals surface area contributed by atoms with Crippen molar-refractivity contribution in [1.82, 2.24) is 14.0 Å². The summed E-state index contributed by atoms with van der Waals surface area (Å²) in [5.41, 5.74) is 5.77. The Hall–Kier alpha value is -2.87. The highest BCUT2D eigenvalue weighted by Crippen LogP contribution is 2.14. The fraction of sp³-hybridized carbons (Fsp3) is 0.476. The number of benzene rings is 1. The highest BCUT2D eigenvalue weighted by atomic mass is 16.5. The maximum atomic E-state index is 12.9. The lowest BCUT2D eigenvalue weighted by Crippen LogP contribution is -2.44. The number of carbonyl (C=O) groups is 1. The molecule has 8 heteroatoms. The molecule has 2 aromatic rings. The van der Waals surface area contributed by atoms with E-state index in [0.29, 0.717) is 19.7 Å². The third-order valence-electron chi connectivity index (χ3n) is 4.51. The minimum Gasteiger partial charge on any atom is -0.494 e. The highest BCUT2D eigenvalue weighted by Gasteiger charge is 2.22. The Kier molecular flexibility index (Phi) is 7.39. The second-order valence-electron chi connectivity index (χ2n) is 7.58. The van der Waals surface area contributed by atoms with E-state index >= 15 is 0 Å². The summed E-state index contributed by atoms with van der Waals surface area (Å²) in [6.07, 6.45) is 0. The van der Waals surface area contributed by atoms with Crippen molar-refractivity contribution in [1.29, 1.82) is 0 Å². The third kappa shape index (κ3) is 5.35. The zero-order valence-corrected chi connectivity index (χ0v) is 17.8. The number of ketones is 1. The summed E-state index contributed by atoms with van der Waals surface area (Å²) in [6.45, 7) is 7.25. The molecular weight excluding hydrogens is 372 g/mol. The van der Waals surface area contributed by atoms with E-state index < -0.39 is 17.0 Å². The van der Waals surface area contributed by atoms with Gasteiger partial charge < -0.3 is 10.5 Å². The molecule has 0 unspecified atom stereocenters. The van der Waals surface area contributed by atoms with Crippen molar-refractivity contribution in [2.75, 3.05) is 25.9 Å². The smallest absolute Gasteiger partial charge is 0.332 e. The van der Waals surface area contributed by atoms with Crippen LogP contribution in [0.25, 0.3) is 0 Å². The van der Waals surface area contributed by atoms with Gasteiger partial charge in [0.05, 0.1) is 13.2 Å². The summed E-state index contributed by atoms with van der Waals surface area (Å²) in [4.78, 5) is 39.6. The number of anilines is 1. The third-order valence-corrected chi connectivity index (χ3v) is 4.51. The quantitative estimate of drug-likeness (QED) is 0.638. The Morgan fingerprint density at radius 2 is 1.83 bits per heavy atom. The number of nitrogens with two attached hydrogens (primary N) is 1. The molecule has 0 aliphatic carbocycles. The van der Waals surface area contributed by atoms with Gasteiger partial charge in [-0.3, -0.25) is 23.6 Å². The van der Waals surface area contributed by atoms with Crippen molar-refractivity contribution >= 4 is 11.6 Å². The van der Waals surface area contributed by atoms with E-state index in [1.54, 1.807) is 11.9 Å². The van der Waals surface area contributed by atoms with Crippen molar-refractivity contribution in [3.8, 4) is 5.75 Å². The van der Waals surface area contributed by atoms with E-state index in [9.17, 15) is 14.4 Å². The van der Waals surface area contributed by atoms with Crippen molar-refractivity contribution in [3.05, 3.63) is 56.2 Å². The number of carbonyl (C=O) groups excluding carboxylic acids is 1. The van der Waals surface area contributed by atoms with Crippen molar-refractivity contribution in [3.63, 3.8) is 0 Å². The molecule has 0 saturated heterocycles. The van der Waals surface area contributed by atoms with E-state index in [4.69, 9.17) is 10.5 Å². The van der Waals surface area contributed by atoms with Gasteiger partial charge in [0.2, 0.25) is 0 Å². The van der Waals surface area contributed by atoms with Gasteiger partial charge in [-0.1, -0.05) is 26.0 Å². The first kappa shape index (κ1) is 22.4. The van der Waals surface area contributed by atoms with E-state index in [1.165, 1.54) is 11.6 Å². The average Bonchev–Trinajstić information content (AvgIpc) is 2.65. The summed E-state index contributed by atoms with van der Waals surface area (Å²) in [5, 5.41) is 0. The van der Waals surface area contributed by atoms with Gasteiger partial charge in [-0.15, -0.1) is 0 Å². The number of aromatic nitrogens is 2. The Balaban J connectivity index is 2.22. The van der Waals surface area contributed by atoms with Crippen molar-refractivity contribution in [2.45, 2.75) is 33.9 Å². The number of nitrogen functional groups attached to an aromatic ring is 1. The van der Waals surface area contributed by atoms with Crippen LogP contribution in [0.5, 0.6) is 5.75 Å². The largest absolute Gasteiger partial charge is 0.494 e. The number of rotatable bonds is 9. The summed E-state index contributed by atoms with van der Waals surface area (Å²) in [6, 6.07) is 7.62. The van der Waals surface area contributed by atoms with Crippen molar-refractivity contribution < 1.29 is 9.53 Å². The highest BCUT2D eigenvalue weighted by molar-refractivity contribution is 6.01. The fourth-order valence-corrected chi connectivity index (χ4v) is 3.14. The van der Waals surface area contributed by atoms with Crippen LogP contribution in [0.15, 0.2) is 33.9 Å². The monoisotopic (exact) mass is 402 g/mol. The molecule has 0 amide bonds. The minimum absolute atomic E-state index is 0.00648. The molecule has 1 heterocycles. The van der Waals surface area contributed by atoms with Gasteiger partial charge in [-0.25, -0.2) is 4.79 Å². The van der Waals surface area contributed by atoms with Crippen LogP contribution in [-0.4, -0.2) is 40.0 Å². The number of hydrogen-bond acceptors (Lipinski definition) is 6. The van der Waals surface area contributed by atoms with Gasteiger partial charge in [0, 0.05) is 20.1 Å². The first-order valence-electron chi connectivity index (χ1n) is 9.68. The molecule has 8 nitrogen and oxygen atoms in total. The zero-order valence-electron chi connectivity index (χ0n) is 17.8. The van der Waals surface area contributed by atoms with Crippen LogP contribution in [0.3, 0.4) is 0 Å². The number of ether oxygens (including phenoxy) is 1. The Morgan fingerprint density at radius 3 is 2.38 bits per heavy atom. The number of likely N-dealkylation sites (N-methyl/N-ethyl adjacent to an activating group) is 1. The van der Waals surface area contributed by atoms with Crippen LogP contribution < -0.4 is 21.7 Å². The van der Waals surface area contributed by atoms with Crippen molar-refractivity contribution in [2.24, 2.45) is 13.0 Å². The van der Waals surface area contributed by atoms with E-state index in [2.05, 4.69) is 0 Å². The predicted octanol–water partition coefficient (Wildman–Crippen LogP) is 1.50. The Labute approximate surface area is 170 Å². The lowest BCUT2D eigenvalue weighted by Gasteiger charge is -2.19. The Bertz CT molecular complexity index is 974. The summed E-state index contributed by atoms with van der Waals surface area (Å²) in [5.74, 6) is 0.455. The SMILES string of the molecule is CCOc1ccc(CN(C)CC(=O)c2c(N)n(CC(C)C)c(=O)n(C)c2=O)cc1. The van der Waals surface area contributed by atoms with Crippen LogP contribution in [0, 0.1) is 5.92 Å². The summed E-state index contributed by atoms with van der Waals surface area (Å²) in [7, 11) is 3.15. The molecule has 158 valence electrons. The maximum Gasteiger partial charge on any atom is 0.332 e. The first-order chi connectivity index (χ1) is 13.6. The second kappa shape index (κ2) is 9.56. The standard InChI is InChI=1S/C21H30N4O4/c1-6-29-16-9-7-15(8-10-16)12-23(4)13-17(26)18-19(22)25(11-14(2)3)21(28)24(5)20(18)27/h7-10,14H,6,11-13,22H2,1-5H3. The normalized spacial score (nSPS) is 11.3. The number of hydrogen-bond donors (Lipinski definition) is 1. The molecule has 0 atom stereocenters. The van der Waals surface area contributed by atoms with Gasteiger partial charge in [-0.2, -0.15) is 0 Å². The minimum atomic E-state index is -0.660. The molecular formula is C21H30N4O4. The summed E-state index contributed by atoms with van der Waals surface area (Å²) >= 11 is 0. The molecule has 0 fully saturated rings. The van der Waals surface area contributed by atoms with E-state index in [1.807, 2.05) is 45.0 Å². The van der Waals surface area contributed by atoms with Crippen LogP contribution in [0.4, 0.5) is 5.82 Å². The molecule has 2 rings (SSSR count). The lowest BCUT2D eigenvalue weighted by molar-refractivity contribution is 0.0941. The fourth-order valence-electron chi connectivity index (χ4n) is 3.14. The van der Waals surface area contributed by atoms with Gasteiger partial charge in [0.15, 0.2) is 5.78 Å².